The summed E-state index contributed by atoms with van der Waals surface area (Å²) >= 11 is 12.0. The number of anilines is 1. The van der Waals surface area contributed by atoms with Gasteiger partial charge >= 0.3 is 6.18 Å². The number of hydrogen-bond acceptors (Lipinski definition) is 4. The Labute approximate surface area is 188 Å². The predicted octanol–water partition coefficient (Wildman–Crippen LogP) is 4.55. The maximum absolute atomic E-state index is 13.0. The first-order chi connectivity index (χ1) is 15.1. The highest BCUT2D eigenvalue weighted by molar-refractivity contribution is 6.39. The van der Waals surface area contributed by atoms with Crippen molar-refractivity contribution in [2.24, 2.45) is 0 Å². The monoisotopic (exact) mass is 481 g/mol. The van der Waals surface area contributed by atoms with Crippen molar-refractivity contribution in [2.45, 2.75) is 12.7 Å². The lowest BCUT2D eigenvalue weighted by Crippen LogP contribution is -2.28. The fourth-order valence-corrected chi connectivity index (χ4v) is 3.51. The first kappa shape index (κ1) is 21.8. The number of aromatic nitrogens is 4. The van der Waals surface area contributed by atoms with Crippen LogP contribution in [0.3, 0.4) is 0 Å². The second-order valence-electron chi connectivity index (χ2n) is 6.66. The number of amides is 1. The molecule has 0 atom stereocenters. The van der Waals surface area contributed by atoms with Crippen molar-refractivity contribution < 1.29 is 18.0 Å². The topological polar surface area (TPSA) is 81.8 Å². The van der Waals surface area contributed by atoms with Crippen LogP contribution in [0.4, 0.5) is 18.9 Å². The van der Waals surface area contributed by atoms with E-state index in [1.165, 1.54) is 18.3 Å². The van der Waals surface area contributed by atoms with Crippen molar-refractivity contribution in [3.63, 3.8) is 0 Å². The lowest BCUT2D eigenvalue weighted by molar-refractivity contribution is -0.137. The number of fused-ring (bicyclic) bond motifs is 1. The molecule has 12 heteroatoms. The van der Waals surface area contributed by atoms with Gasteiger partial charge in [-0.05, 0) is 30.3 Å². The van der Waals surface area contributed by atoms with Crippen LogP contribution in [0.25, 0.3) is 16.7 Å². The summed E-state index contributed by atoms with van der Waals surface area (Å²) in [5.74, 6) is -0.575. The molecule has 2 aromatic carbocycles. The minimum Gasteiger partial charge on any atom is -0.322 e. The molecule has 2 heterocycles. The van der Waals surface area contributed by atoms with Crippen LogP contribution >= 0.6 is 23.2 Å². The summed E-state index contributed by atoms with van der Waals surface area (Å²) in [7, 11) is 0. The second kappa shape index (κ2) is 8.29. The van der Waals surface area contributed by atoms with Crippen LogP contribution in [0.15, 0.2) is 59.8 Å². The Kier molecular flexibility index (Phi) is 5.66. The molecule has 0 aliphatic rings. The van der Waals surface area contributed by atoms with Gasteiger partial charge in [0, 0.05) is 0 Å². The molecule has 0 spiro atoms. The Morgan fingerprint density at radius 1 is 1.09 bits per heavy atom. The van der Waals surface area contributed by atoms with E-state index in [1.54, 1.807) is 18.2 Å². The average molecular weight is 482 g/mol. The Morgan fingerprint density at radius 3 is 2.47 bits per heavy atom. The van der Waals surface area contributed by atoms with E-state index in [9.17, 15) is 22.8 Å². The number of nitrogens with one attached hydrogen (secondary N) is 1. The zero-order chi connectivity index (χ0) is 23.0. The average Bonchev–Trinajstić information content (AvgIpc) is 3.17. The highest BCUT2D eigenvalue weighted by Crippen LogP contribution is 2.31. The van der Waals surface area contributed by atoms with Gasteiger partial charge in [-0.3, -0.25) is 14.2 Å². The van der Waals surface area contributed by atoms with E-state index in [1.807, 2.05) is 0 Å². The van der Waals surface area contributed by atoms with E-state index in [-0.39, 0.29) is 32.5 Å². The number of carbonyl (C=O) groups excluding carboxylic acids is 1. The molecule has 0 aliphatic heterocycles. The van der Waals surface area contributed by atoms with E-state index >= 15 is 0 Å². The molecule has 32 heavy (non-hydrogen) atoms. The van der Waals surface area contributed by atoms with Gasteiger partial charge in [-0.25, -0.2) is 9.67 Å². The van der Waals surface area contributed by atoms with Gasteiger partial charge in [0.15, 0.2) is 5.65 Å². The molecule has 0 fully saturated rings. The van der Waals surface area contributed by atoms with Gasteiger partial charge in [0.05, 0.1) is 33.2 Å². The molecule has 4 aromatic rings. The number of carbonyl (C=O) groups is 1. The molecule has 0 saturated heterocycles. The Hall–Kier alpha value is -3.37. The van der Waals surface area contributed by atoms with E-state index in [2.05, 4.69) is 15.4 Å². The van der Waals surface area contributed by atoms with Crippen LogP contribution < -0.4 is 10.9 Å². The molecule has 0 unspecified atom stereocenters. The third-order valence-electron chi connectivity index (χ3n) is 4.51. The number of rotatable bonds is 4. The maximum atomic E-state index is 13.0. The van der Waals surface area contributed by atoms with Crippen molar-refractivity contribution in [1.29, 1.82) is 0 Å². The summed E-state index contributed by atoms with van der Waals surface area (Å²) in [6.45, 7) is -0.391. The molecule has 0 bridgehead atoms. The van der Waals surface area contributed by atoms with Crippen LogP contribution in [-0.4, -0.2) is 25.2 Å². The molecule has 0 saturated carbocycles. The predicted molar refractivity (Wildman–Crippen MR) is 113 cm³/mol. The highest BCUT2D eigenvalue weighted by atomic mass is 35.5. The molecular formula is C20H12Cl2F3N5O2. The molecule has 4 rings (SSSR count). The molecule has 2 aromatic heterocycles. The summed E-state index contributed by atoms with van der Waals surface area (Å²) in [6, 6.07) is 9.19. The summed E-state index contributed by atoms with van der Waals surface area (Å²) < 4.78 is 41.2. The van der Waals surface area contributed by atoms with Crippen LogP contribution in [0, 0.1) is 0 Å². The fraction of sp³-hybridized carbons (Fsp3) is 0.100. The zero-order valence-corrected chi connectivity index (χ0v) is 17.4. The van der Waals surface area contributed by atoms with Crippen molar-refractivity contribution in [3.8, 4) is 5.69 Å². The number of alkyl halides is 3. The normalized spacial score (nSPS) is 11.7. The summed E-state index contributed by atoms with van der Waals surface area (Å²) in [4.78, 5) is 29.3. The number of benzene rings is 2. The summed E-state index contributed by atoms with van der Waals surface area (Å²) in [5, 5.41) is 7.03. The molecule has 1 amide bonds. The minimum atomic E-state index is -4.53. The van der Waals surface area contributed by atoms with Crippen molar-refractivity contribution in [2.75, 3.05) is 5.32 Å². The lowest BCUT2D eigenvalue weighted by Gasteiger charge is -2.11. The largest absolute Gasteiger partial charge is 0.416 e. The van der Waals surface area contributed by atoms with Gasteiger partial charge in [0.25, 0.3) is 5.56 Å². The minimum absolute atomic E-state index is 0.0356. The van der Waals surface area contributed by atoms with Crippen molar-refractivity contribution in [1.82, 2.24) is 19.3 Å². The molecule has 164 valence electrons. The Morgan fingerprint density at radius 2 is 1.78 bits per heavy atom. The summed E-state index contributed by atoms with van der Waals surface area (Å²) in [6.07, 6.45) is -2.23. The third kappa shape index (κ3) is 4.19. The first-order valence-corrected chi connectivity index (χ1v) is 9.75. The quantitative estimate of drug-likeness (QED) is 0.463. The first-order valence-electron chi connectivity index (χ1n) is 9.00. The van der Waals surface area contributed by atoms with E-state index in [4.69, 9.17) is 23.2 Å². The number of para-hydroxylation sites is 1. The van der Waals surface area contributed by atoms with Gasteiger partial charge in [-0.1, -0.05) is 35.3 Å². The maximum Gasteiger partial charge on any atom is 0.416 e. The Balaban J connectivity index is 1.64. The van der Waals surface area contributed by atoms with Crippen molar-refractivity contribution in [3.05, 3.63) is 81.0 Å². The number of halogens is 5. The van der Waals surface area contributed by atoms with Gasteiger partial charge in [0.2, 0.25) is 5.91 Å². The van der Waals surface area contributed by atoms with Crippen LogP contribution in [0.5, 0.6) is 0 Å². The molecular weight excluding hydrogens is 470 g/mol. The number of nitrogens with zero attached hydrogens (tertiary/aromatic N) is 4. The van der Waals surface area contributed by atoms with E-state index in [0.717, 1.165) is 27.7 Å². The molecule has 0 radical (unpaired) electrons. The molecule has 7 nitrogen and oxygen atoms in total. The SMILES string of the molecule is O=C(Cn1cnc2c(cnn2-c2cccc(C(F)(F)F)c2)c1=O)Nc1c(Cl)cccc1Cl. The van der Waals surface area contributed by atoms with Crippen LogP contribution in [-0.2, 0) is 17.5 Å². The standard InChI is InChI=1S/C20H12Cl2F3N5O2/c21-14-5-2-6-15(22)17(14)28-16(31)9-29-10-26-18-13(19(29)32)8-27-30(18)12-4-1-3-11(7-12)20(23,24)25/h1-8,10H,9H2,(H,28,31). The van der Waals surface area contributed by atoms with E-state index < -0.39 is 29.8 Å². The number of hydrogen-bond donors (Lipinski definition) is 1. The Bertz CT molecular complexity index is 1380. The van der Waals surface area contributed by atoms with Gasteiger partial charge in [-0.2, -0.15) is 18.3 Å². The van der Waals surface area contributed by atoms with Crippen LogP contribution in [0.1, 0.15) is 5.56 Å². The highest BCUT2D eigenvalue weighted by Gasteiger charge is 2.30. The zero-order valence-electron chi connectivity index (χ0n) is 15.9. The smallest absolute Gasteiger partial charge is 0.322 e. The molecule has 0 aliphatic carbocycles. The third-order valence-corrected chi connectivity index (χ3v) is 5.14. The fourth-order valence-electron chi connectivity index (χ4n) is 3.02. The van der Waals surface area contributed by atoms with Gasteiger partial charge in [0.1, 0.15) is 18.3 Å². The van der Waals surface area contributed by atoms with Gasteiger partial charge < -0.3 is 5.32 Å². The second-order valence-corrected chi connectivity index (χ2v) is 7.48. The van der Waals surface area contributed by atoms with E-state index in [0.29, 0.717) is 0 Å². The van der Waals surface area contributed by atoms with Crippen molar-refractivity contribution >= 4 is 45.8 Å². The summed E-state index contributed by atoms with van der Waals surface area (Å²) in [5.41, 5.74) is -1.10. The lowest BCUT2D eigenvalue weighted by atomic mass is 10.2. The van der Waals surface area contributed by atoms with Crippen LogP contribution in [0.2, 0.25) is 10.0 Å². The molecule has 1 N–H and O–H groups in total. The van der Waals surface area contributed by atoms with Gasteiger partial charge in [-0.15, -0.1) is 0 Å².